The molecular weight excluding hydrogens is 488 g/mol. The lowest BCUT2D eigenvalue weighted by Crippen LogP contribution is -2.11. The van der Waals surface area contributed by atoms with E-state index in [1.807, 2.05) is 0 Å². The number of benzene rings is 3. The number of rotatable bonds is 6. The fourth-order valence-electron chi connectivity index (χ4n) is 3.48. The highest BCUT2D eigenvalue weighted by atomic mass is 35.5. The van der Waals surface area contributed by atoms with Gasteiger partial charge in [0.25, 0.3) is 0 Å². The number of methoxy groups -OCH3 is 1. The van der Waals surface area contributed by atoms with Crippen molar-refractivity contribution in [2.24, 2.45) is 10.1 Å². The minimum atomic E-state index is -3.86. The summed E-state index contributed by atoms with van der Waals surface area (Å²) < 4.78 is 30.2. The number of ether oxygens (including phenoxy) is 1. The van der Waals surface area contributed by atoms with Crippen LogP contribution in [-0.4, -0.2) is 31.4 Å². The van der Waals surface area contributed by atoms with Crippen molar-refractivity contribution in [2.45, 2.75) is 4.90 Å². The van der Waals surface area contributed by atoms with E-state index in [-0.39, 0.29) is 16.4 Å². The fourth-order valence-corrected chi connectivity index (χ4v) is 4.13. The van der Waals surface area contributed by atoms with Gasteiger partial charge in [-0.2, -0.15) is 5.26 Å². The summed E-state index contributed by atoms with van der Waals surface area (Å²) >= 11 is 6.03. The van der Waals surface area contributed by atoms with E-state index in [0.29, 0.717) is 33.2 Å². The lowest BCUT2D eigenvalue weighted by Gasteiger charge is -2.07. The number of aliphatic imine (C=N–C) groups is 1. The molecule has 1 heterocycles. The van der Waals surface area contributed by atoms with Crippen LogP contribution in [-0.2, 0) is 10.0 Å². The summed E-state index contributed by atoms with van der Waals surface area (Å²) in [5, 5.41) is 25.7. The van der Waals surface area contributed by atoms with Gasteiger partial charge in [0.2, 0.25) is 10.0 Å². The largest absolute Gasteiger partial charge is 0.504 e. The maximum atomic E-state index is 11.7. The Balaban J connectivity index is 1.89. The number of aromatic nitrogens is 1. The van der Waals surface area contributed by atoms with Crippen molar-refractivity contribution in [1.82, 2.24) is 4.57 Å². The van der Waals surface area contributed by atoms with Crippen molar-refractivity contribution in [1.29, 1.82) is 5.26 Å². The molecule has 0 spiro atoms. The Hall–Kier alpha value is -4.10. The van der Waals surface area contributed by atoms with Gasteiger partial charge < -0.3 is 14.4 Å². The lowest BCUT2D eigenvalue weighted by molar-refractivity contribution is 0.373. The molecule has 0 aliphatic heterocycles. The van der Waals surface area contributed by atoms with Crippen molar-refractivity contribution in [3.8, 4) is 34.4 Å². The summed E-state index contributed by atoms with van der Waals surface area (Å²) in [6.45, 7) is 0. The van der Waals surface area contributed by atoms with Gasteiger partial charge in [-0.3, -0.25) is 0 Å². The van der Waals surface area contributed by atoms with E-state index in [1.165, 1.54) is 25.3 Å². The third kappa shape index (κ3) is 5.05. The SMILES string of the molecule is COc1cc(/C=N/c2c(C#N)c(-c3ccc(Cl)cc3)cn2-c2ccc(S(N)(=O)=O)cc2)ccc1O. The van der Waals surface area contributed by atoms with Gasteiger partial charge in [0.15, 0.2) is 17.3 Å². The quantitative estimate of drug-likeness (QED) is 0.363. The molecule has 3 N–H and O–H groups in total. The minimum absolute atomic E-state index is 0.00860. The molecule has 0 radical (unpaired) electrons. The number of phenolic OH excluding ortho intramolecular Hbond substituents is 1. The molecule has 0 saturated heterocycles. The van der Waals surface area contributed by atoms with Crippen LogP contribution in [0.15, 0.2) is 82.8 Å². The average molecular weight is 507 g/mol. The molecule has 0 amide bonds. The Labute approximate surface area is 207 Å². The van der Waals surface area contributed by atoms with Gasteiger partial charge >= 0.3 is 0 Å². The molecule has 0 fully saturated rings. The fraction of sp³-hybridized carbons (Fsp3) is 0.0400. The van der Waals surface area contributed by atoms with Gasteiger partial charge in [0, 0.05) is 28.7 Å². The van der Waals surface area contributed by atoms with Crippen LogP contribution in [0.4, 0.5) is 5.82 Å². The normalized spacial score (nSPS) is 11.5. The average Bonchev–Trinajstić information content (AvgIpc) is 3.22. The van der Waals surface area contributed by atoms with E-state index in [2.05, 4.69) is 11.1 Å². The first kappa shape index (κ1) is 24.0. The number of phenols is 1. The van der Waals surface area contributed by atoms with E-state index in [1.54, 1.807) is 65.5 Å². The Morgan fingerprint density at radius 3 is 2.40 bits per heavy atom. The Morgan fingerprint density at radius 1 is 1.11 bits per heavy atom. The number of aromatic hydroxyl groups is 1. The maximum Gasteiger partial charge on any atom is 0.238 e. The second-order valence-electron chi connectivity index (χ2n) is 7.46. The first-order chi connectivity index (χ1) is 16.7. The zero-order valence-corrected chi connectivity index (χ0v) is 20.0. The molecule has 8 nitrogen and oxygen atoms in total. The Morgan fingerprint density at radius 2 is 1.80 bits per heavy atom. The Bertz CT molecular complexity index is 1570. The molecule has 0 bridgehead atoms. The molecule has 4 rings (SSSR count). The number of hydrogen-bond donors (Lipinski definition) is 2. The highest BCUT2D eigenvalue weighted by Gasteiger charge is 2.18. The van der Waals surface area contributed by atoms with Crippen molar-refractivity contribution in [2.75, 3.05) is 7.11 Å². The monoisotopic (exact) mass is 506 g/mol. The van der Waals surface area contributed by atoms with E-state index in [0.717, 1.165) is 5.56 Å². The van der Waals surface area contributed by atoms with Gasteiger partial charge in [-0.15, -0.1) is 0 Å². The number of nitrogens with two attached hydrogens (primary N) is 1. The van der Waals surface area contributed by atoms with Crippen LogP contribution >= 0.6 is 11.6 Å². The zero-order valence-electron chi connectivity index (χ0n) is 18.4. The van der Waals surface area contributed by atoms with Gasteiger partial charge in [0.1, 0.15) is 11.6 Å². The van der Waals surface area contributed by atoms with Crippen LogP contribution < -0.4 is 9.88 Å². The highest BCUT2D eigenvalue weighted by Crippen LogP contribution is 2.36. The van der Waals surface area contributed by atoms with Gasteiger partial charge in [-0.05, 0) is 65.7 Å². The number of primary sulfonamides is 1. The summed E-state index contributed by atoms with van der Waals surface area (Å²) in [5.74, 6) is 0.601. The van der Waals surface area contributed by atoms with Gasteiger partial charge in [-0.1, -0.05) is 23.7 Å². The predicted molar refractivity (Wildman–Crippen MR) is 134 cm³/mol. The van der Waals surface area contributed by atoms with Crippen LogP contribution in [0.5, 0.6) is 11.5 Å². The van der Waals surface area contributed by atoms with Crippen molar-refractivity contribution in [3.05, 3.63) is 89.1 Å². The summed E-state index contributed by atoms with van der Waals surface area (Å²) in [4.78, 5) is 4.54. The number of nitrogens with zero attached hydrogens (tertiary/aromatic N) is 3. The van der Waals surface area contributed by atoms with Crippen LogP contribution in [0.2, 0.25) is 5.02 Å². The molecule has 3 aromatic carbocycles. The maximum absolute atomic E-state index is 11.7. The van der Waals surface area contributed by atoms with E-state index in [9.17, 15) is 18.8 Å². The lowest BCUT2D eigenvalue weighted by atomic mass is 10.1. The molecule has 35 heavy (non-hydrogen) atoms. The van der Waals surface area contributed by atoms with E-state index in [4.69, 9.17) is 21.5 Å². The van der Waals surface area contributed by atoms with E-state index < -0.39 is 10.0 Å². The molecule has 4 aromatic rings. The first-order valence-corrected chi connectivity index (χ1v) is 12.1. The summed E-state index contributed by atoms with van der Waals surface area (Å²) in [6, 6.07) is 19.9. The zero-order chi connectivity index (χ0) is 25.2. The summed E-state index contributed by atoms with van der Waals surface area (Å²) in [5.41, 5.74) is 2.90. The number of halogens is 1. The smallest absolute Gasteiger partial charge is 0.238 e. The molecule has 1 aromatic heterocycles. The van der Waals surface area contributed by atoms with Crippen molar-refractivity contribution >= 4 is 33.7 Å². The third-order valence-electron chi connectivity index (χ3n) is 5.23. The molecule has 0 aliphatic carbocycles. The van der Waals surface area contributed by atoms with Gasteiger partial charge in [0.05, 0.1) is 12.0 Å². The molecule has 0 aliphatic rings. The van der Waals surface area contributed by atoms with Crippen molar-refractivity contribution < 1.29 is 18.3 Å². The number of nitriles is 1. The molecule has 0 unspecified atom stereocenters. The molecular formula is C25H19ClN4O4S. The number of hydrogen-bond acceptors (Lipinski definition) is 6. The molecule has 10 heteroatoms. The second kappa shape index (κ2) is 9.64. The summed E-state index contributed by atoms with van der Waals surface area (Å²) in [7, 11) is -2.42. The van der Waals surface area contributed by atoms with Crippen LogP contribution in [0.3, 0.4) is 0 Å². The second-order valence-corrected chi connectivity index (χ2v) is 9.46. The van der Waals surface area contributed by atoms with Crippen LogP contribution in [0, 0.1) is 11.3 Å². The predicted octanol–water partition coefficient (Wildman–Crippen LogP) is 4.78. The minimum Gasteiger partial charge on any atom is -0.504 e. The standard InChI is InChI=1S/C25H19ClN4O4S/c1-34-24-12-16(2-11-23(24)31)14-29-25-21(13-27)22(17-3-5-18(26)6-4-17)15-30(25)19-7-9-20(10-8-19)35(28,32)33/h2-12,14-15,31H,1H3,(H2,28,32,33)/b29-14+. The molecule has 176 valence electrons. The highest BCUT2D eigenvalue weighted by molar-refractivity contribution is 7.89. The summed E-state index contributed by atoms with van der Waals surface area (Å²) in [6.07, 6.45) is 3.29. The van der Waals surface area contributed by atoms with Crippen LogP contribution in [0.1, 0.15) is 11.1 Å². The van der Waals surface area contributed by atoms with Gasteiger partial charge in [-0.25, -0.2) is 18.5 Å². The number of sulfonamides is 1. The first-order valence-electron chi connectivity index (χ1n) is 10.2. The van der Waals surface area contributed by atoms with Crippen LogP contribution in [0.25, 0.3) is 16.8 Å². The van der Waals surface area contributed by atoms with Crippen molar-refractivity contribution in [3.63, 3.8) is 0 Å². The topological polar surface area (TPSA) is 131 Å². The molecule has 0 atom stereocenters. The molecule has 0 saturated carbocycles. The Kier molecular flexibility index (Phi) is 6.62. The van der Waals surface area contributed by atoms with E-state index >= 15 is 0 Å². The third-order valence-corrected chi connectivity index (χ3v) is 6.41.